The van der Waals surface area contributed by atoms with Crippen LogP contribution in [-0.4, -0.2) is 38.8 Å². The number of benzene rings is 1. The third kappa shape index (κ3) is 3.77. The minimum absolute atomic E-state index is 0.0222. The molecular formula is C20H24N6O. The molecule has 4 rings (SSSR count). The Morgan fingerprint density at radius 3 is 2.63 bits per heavy atom. The van der Waals surface area contributed by atoms with Crippen LogP contribution in [0, 0.1) is 12.8 Å². The molecule has 3 heterocycles. The quantitative estimate of drug-likeness (QED) is 0.770. The Labute approximate surface area is 158 Å². The first-order valence-electron chi connectivity index (χ1n) is 9.39. The zero-order valence-corrected chi connectivity index (χ0v) is 15.7. The highest BCUT2D eigenvalue weighted by molar-refractivity contribution is 5.79. The molecule has 0 aliphatic carbocycles. The number of hydrogen-bond donors (Lipinski definition) is 1. The largest absolute Gasteiger partial charge is 0.355 e. The van der Waals surface area contributed by atoms with Gasteiger partial charge < -0.3 is 10.2 Å². The van der Waals surface area contributed by atoms with Crippen LogP contribution in [-0.2, 0) is 4.79 Å². The lowest BCUT2D eigenvalue weighted by Gasteiger charge is -2.32. The molecule has 1 aliphatic heterocycles. The number of nitrogens with one attached hydrogen (secondary N) is 1. The van der Waals surface area contributed by atoms with Gasteiger partial charge in [-0.1, -0.05) is 29.8 Å². The standard InChI is InChI=1S/C20H24N6O/c1-14-3-5-16(6-4-14)15(2)22-20(27)17-9-11-25(12-10-17)19-8-7-18-23-21-13-26(18)24-19/h3-8,13,15,17H,9-12H2,1-2H3,(H,22,27). The van der Waals surface area contributed by atoms with E-state index in [2.05, 4.69) is 56.7 Å². The summed E-state index contributed by atoms with van der Waals surface area (Å²) in [5.41, 5.74) is 3.10. The molecular weight excluding hydrogens is 340 g/mol. The van der Waals surface area contributed by atoms with E-state index < -0.39 is 0 Å². The maximum absolute atomic E-state index is 12.7. The number of nitrogens with zero attached hydrogens (tertiary/aromatic N) is 5. The predicted octanol–water partition coefficient (Wildman–Crippen LogP) is 2.53. The molecule has 0 radical (unpaired) electrons. The van der Waals surface area contributed by atoms with Gasteiger partial charge in [0.1, 0.15) is 12.1 Å². The lowest BCUT2D eigenvalue weighted by Crippen LogP contribution is -2.41. The van der Waals surface area contributed by atoms with Gasteiger partial charge in [-0.25, -0.2) is 0 Å². The Balaban J connectivity index is 1.34. The van der Waals surface area contributed by atoms with Crippen molar-refractivity contribution >= 4 is 17.4 Å². The molecule has 1 unspecified atom stereocenters. The first-order chi connectivity index (χ1) is 13.1. The Morgan fingerprint density at radius 1 is 1.15 bits per heavy atom. The highest BCUT2D eigenvalue weighted by atomic mass is 16.1. The second kappa shape index (κ2) is 7.34. The van der Waals surface area contributed by atoms with Gasteiger partial charge in [0.2, 0.25) is 5.91 Å². The van der Waals surface area contributed by atoms with Crippen LogP contribution in [0.3, 0.4) is 0 Å². The molecule has 2 aromatic heterocycles. The average molecular weight is 364 g/mol. The molecule has 1 aliphatic rings. The van der Waals surface area contributed by atoms with Gasteiger partial charge in [0.05, 0.1) is 6.04 Å². The van der Waals surface area contributed by atoms with Crippen LogP contribution in [0.5, 0.6) is 0 Å². The van der Waals surface area contributed by atoms with Crippen LogP contribution >= 0.6 is 0 Å². The van der Waals surface area contributed by atoms with Crippen molar-refractivity contribution < 1.29 is 4.79 Å². The van der Waals surface area contributed by atoms with E-state index in [-0.39, 0.29) is 17.9 Å². The van der Waals surface area contributed by atoms with Crippen LogP contribution in [0.1, 0.15) is 36.9 Å². The van der Waals surface area contributed by atoms with Crippen LogP contribution in [0.15, 0.2) is 42.7 Å². The van der Waals surface area contributed by atoms with E-state index >= 15 is 0 Å². The van der Waals surface area contributed by atoms with Crippen molar-refractivity contribution in [2.75, 3.05) is 18.0 Å². The SMILES string of the molecule is Cc1ccc(C(C)NC(=O)C2CCN(c3ccc4nncn4n3)CC2)cc1. The summed E-state index contributed by atoms with van der Waals surface area (Å²) in [6, 6.07) is 12.2. The third-order valence-corrected chi connectivity index (χ3v) is 5.27. The van der Waals surface area contributed by atoms with Gasteiger partial charge in [-0.15, -0.1) is 15.3 Å². The number of anilines is 1. The summed E-state index contributed by atoms with van der Waals surface area (Å²) in [5, 5.41) is 15.5. The summed E-state index contributed by atoms with van der Waals surface area (Å²) in [5.74, 6) is 1.09. The normalized spacial score (nSPS) is 16.4. The minimum atomic E-state index is 0.0222. The molecule has 27 heavy (non-hydrogen) atoms. The third-order valence-electron chi connectivity index (χ3n) is 5.27. The van der Waals surface area contributed by atoms with Crippen molar-refractivity contribution in [3.63, 3.8) is 0 Å². The van der Waals surface area contributed by atoms with Crippen molar-refractivity contribution in [2.45, 2.75) is 32.7 Å². The van der Waals surface area contributed by atoms with Gasteiger partial charge in [0.25, 0.3) is 0 Å². The fraction of sp³-hybridized carbons (Fsp3) is 0.400. The van der Waals surface area contributed by atoms with Gasteiger partial charge in [0.15, 0.2) is 5.65 Å². The summed E-state index contributed by atoms with van der Waals surface area (Å²) in [6.45, 7) is 5.74. The van der Waals surface area contributed by atoms with E-state index in [4.69, 9.17) is 0 Å². The Hall–Kier alpha value is -2.96. The van der Waals surface area contributed by atoms with E-state index in [1.165, 1.54) is 5.56 Å². The van der Waals surface area contributed by atoms with Crippen molar-refractivity contribution in [3.05, 3.63) is 53.9 Å². The van der Waals surface area contributed by atoms with Gasteiger partial charge in [-0.05, 0) is 44.4 Å². The van der Waals surface area contributed by atoms with Crippen LogP contribution < -0.4 is 10.2 Å². The molecule has 7 nitrogen and oxygen atoms in total. The molecule has 0 saturated carbocycles. The van der Waals surface area contributed by atoms with Gasteiger partial charge in [-0.2, -0.15) is 4.52 Å². The molecule has 1 amide bonds. The first kappa shape index (κ1) is 17.5. The Kier molecular flexibility index (Phi) is 4.75. The van der Waals surface area contributed by atoms with E-state index in [0.29, 0.717) is 0 Å². The lowest BCUT2D eigenvalue weighted by atomic mass is 9.95. The number of carbonyl (C=O) groups is 1. The zero-order valence-electron chi connectivity index (χ0n) is 15.7. The lowest BCUT2D eigenvalue weighted by molar-refractivity contribution is -0.126. The molecule has 0 bridgehead atoms. The van der Waals surface area contributed by atoms with Crippen molar-refractivity contribution in [2.24, 2.45) is 5.92 Å². The van der Waals surface area contributed by atoms with E-state index in [1.54, 1.807) is 10.8 Å². The van der Waals surface area contributed by atoms with E-state index in [9.17, 15) is 4.79 Å². The second-order valence-electron chi connectivity index (χ2n) is 7.23. The predicted molar refractivity (Wildman–Crippen MR) is 103 cm³/mol. The summed E-state index contributed by atoms with van der Waals surface area (Å²) >= 11 is 0. The number of aromatic nitrogens is 4. The number of aryl methyl sites for hydroxylation is 1. The highest BCUT2D eigenvalue weighted by Crippen LogP contribution is 2.23. The molecule has 3 aromatic rings. The van der Waals surface area contributed by atoms with Crippen molar-refractivity contribution in [1.82, 2.24) is 25.1 Å². The maximum atomic E-state index is 12.7. The fourth-order valence-corrected chi connectivity index (χ4v) is 3.53. The van der Waals surface area contributed by atoms with Crippen molar-refractivity contribution in [1.29, 1.82) is 0 Å². The number of hydrogen-bond acceptors (Lipinski definition) is 5. The topological polar surface area (TPSA) is 75.4 Å². The summed E-state index contributed by atoms with van der Waals surface area (Å²) in [6.07, 6.45) is 3.26. The molecule has 7 heteroatoms. The first-order valence-corrected chi connectivity index (χ1v) is 9.39. The number of carbonyl (C=O) groups excluding carboxylic acids is 1. The average Bonchev–Trinajstić information content (AvgIpc) is 3.16. The minimum Gasteiger partial charge on any atom is -0.355 e. The molecule has 1 N–H and O–H groups in total. The fourth-order valence-electron chi connectivity index (χ4n) is 3.53. The second-order valence-corrected chi connectivity index (χ2v) is 7.23. The van der Waals surface area contributed by atoms with Crippen LogP contribution in [0.25, 0.3) is 5.65 Å². The van der Waals surface area contributed by atoms with E-state index in [0.717, 1.165) is 43.0 Å². The number of fused-ring (bicyclic) bond motifs is 1. The van der Waals surface area contributed by atoms with Crippen LogP contribution in [0.2, 0.25) is 0 Å². The Bertz CT molecular complexity index is 927. The zero-order chi connectivity index (χ0) is 18.8. The van der Waals surface area contributed by atoms with Gasteiger partial charge >= 0.3 is 0 Å². The number of piperidine rings is 1. The molecule has 1 aromatic carbocycles. The number of rotatable bonds is 4. The van der Waals surface area contributed by atoms with Crippen LogP contribution in [0.4, 0.5) is 5.82 Å². The maximum Gasteiger partial charge on any atom is 0.223 e. The van der Waals surface area contributed by atoms with Crippen molar-refractivity contribution in [3.8, 4) is 0 Å². The smallest absolute Gasteiger partial charge is 0.223 e. The van der Waals surface area contributed by atoms with Gasteiger partial charge in [-0.3, -0.25) is 4.79 Å². The van der Waals surface area contributed by atoms with E-state index in [1.807, 2.05) is 19.1 Å². The molecule has 1 saturated heterocycles. The summed E-state index contributed by atoms with van der Waals surface area (Å²) in [7, 11) is 0. The highest BCUT2D eigenvalue weighted by Gasteiger charge is 2.26. The van der Waals surface area contributed by atoms with Gasteiger partial charge in [0, 0.05) is 19.0 Å². The molecule has 0 spiro atoms. The summed E-state index contributed by atoms with van der Waals surface area (Å²) < 4.78 is 1.68. The molecule has 1 fully saturated rings. The molecule has 140 valence electrons. The number of amides is 1. The Morgan fingerprint density at radius 2 is 1.89 bits per heavy atom. The monoisotopic (exact) mass is 364 g/mol. The summed E-state index contributed by atoms with van der Waals surface area (Å²) in [4.78, 5) is 14.9. The molecule has 1 atom stereocenters.